The van der Waals surface area contributed by atoms with E-state index in [1.54, 1.807) is 12.1 Å². The van der Waals surface area contributed by atoms with Crippen molar-refractivity contribution in [3.8, 4) is 5.75 Å². The average molecular weight is 378 g/mol. The number of carbonyl (C=O) groups excluding carboxylic acids is 1. The number of nitro benzene ring substituents is 1. The van der Waals surface area contributed by atoms with Crippen molar-refractivity contribution in [2.75, 3.05) is 0 Å². The number of nitrogens with zero attached hydrogens (tertiary/aromatic N) is 2. The molecule has 0 radical (unpaired) electrons. The first kappa shape index (κ1) is 16.6. The van der Waals surface area contributed by atoms with E-state index in [9.17, 15) is 20.0 Å². The lowest BCUT2D eigenvalue weighted by atomic mass is 10.1. The summed E-state index contributed by atoms with van der Waals surface area (Å²) in [5, 5.41) is 24.1. The van der Waals surface area contributed by atoms with Gasteiger partial charge in [-0.3, -0.25) is 14.9 Å². The topological polar surface area (TPSA) is 105 Å². The molecule has 0 saturated carbocycles. The summed E-state index contributed by atoms with van der Waals surface area (Å²) in [5.74, 6) is -0.836. The Balaban J connectivity index is 1.99. The summed E-state index contributed by atoms with van der Waals surface area (Å²) in [5.41, 5.74) is 2.85. The van der Waals surface area contributed by atoms with E-state index in [1.165, 1.54) is 18.2 Å². The Morgan fingerprint density at radius 3 is 2.65 bits per heavy atom. The zero-order valence-electron chi connectivity index (χ0n) is 11.8. The third kappa shape index (κ3) is 4.62. The molecule has 8 heteroatoms. The highest BCUT2D eigenvalue weighted by atomic mass is 79.9. The van der Waals surface area contributed by atoms with Gasteiger partial charge in [-0.15, -0.1) is 0 Å². The molecule has 2 aromatic rings. The van der Waals surface area contributed by atoms with Gasteiger partial charge in [0.2, 0.25) is 11.7 Å². The first-order valence-electron chi connectivity index (χ1n) is 6.50. The van der Waals surface area contributed by atoms with Crippen molar-refractivity contribution in [3.05, 3.63) is 68.2 Å². The largest absolute Gasteiger partial charge is 0.502 e. The highest BCUT2D eigenvalue weighted by Crippen LogP contribution is 2.27. The van der Waals surface area contributed by atoms with Crippen LogP contribution in [0.5, 0.6) is 5.75 Å². The zero-order valence-corrected chi connectivity index (χ0v) is 13.4. The molecule has 0 bridgehead atoms. The molecular formula is C15H12BrN3O4. The lowest BCUT2D eigenvalue weighted by Crippen LogP contribution is -2.19. The number of nitrogens with one attached hydrogen (secondary N) is 1. The van der Waals surface area contributed by atoms with Crippen LogP contribution in [-0.2, 0) is 11.2 Å². The number of benzene rings is 2. The Morgan fingerprint density at radius 1 is 1.30 bits per heavy atom. The van der Waals surface area contributed by atoms with E-state index in [0.717, 1.165) is 16.3 Å². The molecule has 0 aromatic heterocycles. The van der Waals surface area contributed by atoms with Gasteiger partial charge in [0.1, 0.15) is 0 Å². The van der Waals surface area contributed by atoms with Gasteiger partial charge in [0.25, 0.3) is 0 Å². The van der Waals surface area contributed by atoms with Gasteiger partial charge in [-0.25, -0.2) is 5.43 Å². The minimum Gasteiger partial charge on any atom is -0.502 e. The highest BCUT2D eigenvalue weighted by Gasteiger charge is 2.15. The maximum atomic E-state index is 11.7. The summed E-state index contributed by atoms with van der Waals surface area (Å²) in [7, 11) is 0. The lowest BCUT2D eigenvalue weighted by Gasteiger charge is -2.02. The third-order valence-corrected chi connectivity index (χ3v) is 3.44. The number of phenols is 1. The van der Waals surface area contributed by atoms with Gasteiger partial charge in [-0.1, -0.05) is 34.1 Å². The minimum atomic E-state index is -0.696. The third-order valence-electron chi connectivity index (χ3n) is 2.91. The number of hydrogen-bond acceptors (Lipinski definition) is 5. The summed E-state index contributed by atoms with van der Waals surface area (Å²) in [4.78, 5) is 21.8. The molecule has 0 spiro atoms. The summed E-state index contributed by atoms with van der Waals surface area (Å²) in [6.45, 7) is 0. The zero-order chi connectivity index (χ0) is 16.8. The van der Waals surface area contributed by atoms with Crippen LogP contribution in [0.2, 0.25) is 0 Å². The Labute approximate surface area is 139 Å². The molecule has 0 saturated heterocycles. The standard InChI is InChI=1S/C15H12BrN3O4/c16-12-6-4-10(5-7-12)8-14(20)18-17-9-11-2-1-3-13(15(11)21)19(22)23/h1-7,9,21H,8H2,(H,18,20)/b17-9-. The molecule has 1 amide bonds. The Morgan fingerprint density at radius 2 is 2.00 bits per heavy atom. The normalized spacial score (nSPS) is 10.7. The maximum absolute atomic E-state index is 11.7. The Bertz CT molecular complexity index is 760. The van der Waals surface area contributed by atoms with Gasteiger partial charge in [0, 0.05) is 16.1 Å². The van der Waals surface area contributed by atoms with Crippen molar-refractivity contribution in [2.45, 2.75) is 6.42 Å². The van der Waals surface area contributed by atoms with Crippen molar-refractivity contribution in [3.63, 3.8) is 0 Å². The Kier molecular flexibility index (Phi) is 5.42. The molecule has 0 unspecified atom stereocenters. The van der Waals surface area contributed by atoms with Crippen molar-refractivity contribution < 1.29 is 14.8 Å². The van der Waals surface area contributed by atoms with E-state index in [4.69, 9.17) is 0 Å². The minimum absolute atomic E-state index is 0.142. The molecule has 0 aliphatic rings. The van der Waals surface area contributed by atoms with Crippen LogP contribution in [0.3, 0.4) is 0 Å². The number of rotatable bonds is 5. The smallest absolute Gasteiger partial charge is 0.311 e. The molecule has 2 rings (SSSR count). The summed E-state index contributed by atoms with van der Waals surface area (Å²) in [6, 6.07) is 11.3. The molecule has 7 nitrogen and oxygen atoms in total. The van der Waals surface area contributed by atoms with Crippen molar-refractivity contribution >= 4 is 33.7 Å². The van der Waals surface area contributed by atoms with E-state index in [2.05, 4.69) is 26.5 Å². The molecule has 2 N–H and O–H groups in total. The fourth-order valence-electron chi connectivity index (χ4n) is 1.80. The second kappa shape index (κ2) is 7.50. The monoisotopic (exact) mass is 377 g/mol. The van der Waals surface area contributed by atoms with Crippen LogP contribution in [0, 0.1) is 10.1 Å². The number of aromatic hydroxyl groups is 1. The molecular weight excluding hydrogens is 366 g/mol. The number of hydrogen-bond donors (Lipinski definition) is 2. The first-order chi connectivity index (χ1) is 11.0. The number of amides is 1. The van der Waals surface area contributed by atoms with Gasteiger partial charge < -0.3 is 5.11 Å². The van der Waals surface area contributed by atoms with Crippen LogP contribution in [0.4, 0.5) is 5.69 Å². The molecule has 0 atom stereocenters. The number of nitro groups is 1. The second-order valence-electron chi connectivity index (χ2n) is 4.57. The lowest BCUT2D eigenvalue weighted by molar-refractivity contribution is -0.385. The van der Waals surface area contributed by atoms with E-state index >= 15 is 0 Å². The molecule has 23 heavy (non-hydrogen) atoms. The molecule has 0 aliphatic carbocycles. The van der Waals surface area contributed by atoms with Crippen LogP contribution < -0.4 is 5.43 Å². The summed E-state index contributed by atoms with van der Waals surface area (Å²) < 4.78 is 0.917. The van der Waals surface area contributed by atoms with Gasteiger partial charge in [-0.05, 0) is 23.8 Å². The van der Waals surface area contributed by atoms with Crippen LogP contribution in [0.1, 0.15) is 11.1 Å². The number of phenolic OH excluding ortho intramolecular Hbond substituents is 1. The van der Waals surface area contributed by atoms with E-state index < -0.39 is 16.4 Å². The van der Waals surface area contributed by atoms with Crippen molar-refractivity contribution in [1.29, 1.82) is 0 Å². The predicted octanol–water partition coefficient (Wildman–Crippen LogP) is 2.76. The fraction of sp³-hybridized carbons (Fsp3) is 0.0667. The molecule has 118 valence electrons. The quantitative estimate of drug-likeness (QED) is 0.474. The van der Waals surface area contributed by atoms with Gasteiger partial charge in [0.05, 0.1) is 17.6 Å². The second-order valence-corrected chi connectivity index (χ2v) is 5.48. The van der Waals surface area contributed by atoms with E-state index in [-0.39, 0.29) is 17.9 Å². The van der Waals surface area contributed by atoms with Crippen molar-refractivity contribution in [1.82, 2.24) is 5.43 Å². The highest BCUT2D eigenvalue weighted by molar-refractivity contribution is 9.10. The van der Waals surface area contributed by atoms with Crippen molar-refractivity contribution in [2.24, 2.45) is 5.10 Å². The predicted molar refractivity (Wildman–Crippen MR) is 88.3 cm³/mol. The number of carbonyl (C=O) groups is 1. The fourth-order valence-corrected chi connectivity index (χ4v) is 2.07. The molecule has 2 aromatic carbocycles. The Hall–Kier alpha value is -2.74. The number of halogens is 1. The molecule has 0 aliphatic heterocycles. The summed E-state index contributed by atoms with van der Waals surface area (Å²) in [6.07, 6.45) is 1.30. The number of hydrazone groups is 1. The van der Waals surface area contributed by atoms with Gasteiger partial charge in [-0.2, -0.15) is 5.10 Å². The van der Waals surface area contributed by atoms with Crippen LogP contribution in [0.15, 0.2) is 52.0 Å². The molecule has 0 fully saturated rings. The molecule has 0 heterocycles. The van der Waals surface area contributed by atoms with Gasteiger partial charge in [0.15, 0.2) is 0 Å². The van der Waals surface area contributed by atoms with E-state index in [1.807, 2.05) is 12.1 Å². The number of para-hydroxylation sites is 1. The average Bonchev–Trinajstić information content (AvgIpc) is 2.51. The van der Waals surface area contributed by atoms with Crippen LogP contribution >= 0.6 is 15.9 Å². The van der Waals surface area contributed by atoms with E-state index in [0.29, 0.717) is 0 Å². The maximum Gasteiger partial charge on any atom is 0.311 e. The SMILES string of the molecule is O=C(Cc1ccc(Br)cc1)N/N=C\c1cccc([N+](=O)[O-])c1O. The van der Waals surface area contributed by atoms with Crippen LogP contribution in [0.25, 0.3) is 0 Å². The van der Waals surface area contributed by atoms with Gasteiger partial charge >= 0.3 is 5.69 Å². The van der Waals surface area contributed by atoms with Crippen LogP contribution in [-0.4, -0.2) is 22.2 Å². The first-order valence-corrected chi connectivity index (χ1v) is 7.29. The summed E-state index contributed by atoms with van der Waals surface area (Å²) >= 11 is 3.31.